The minimum absolute atomic E-state index is 0.119. The standard InChI is InChI=1S/C18H19BrO3/c19-16-11-13-10-15-12(1-6-20-15)9-14(13)17(16)2-4-18(5-3-17)21-7-8-22-18/h9-11H,1-8H2. The number of hydrogen-bond donors (Lipinski definition) is 0. The highest BCUT2D eigenvalue weighted by Gasteiger charge is 2.50. The van der Waals surface area contributed by atoms with Gasteiger partial charge >= 0.3 is 0 Å². The highest BCUT2D eigenvalue weighted by Crippen LogP contribution is 2.57. The molecule has 1 saturated carbocycles. The van der Waals surface area contributed by atoms with Crippen molar-refractivity contribution >= 4 is 22.0 Å². The lowest BCUT2D eigenvalue weighted by Crippen LogP contribution is -2.41. The molecule has 0 unspecified atom stereocenters. The minimum atomic E-state index is -0.304. The molecule has 1 aromatic carbocycles. The zero-order valence-corrected chi connectivity index (χ0v) is 14.1. The van der Waals surface area contributed by atoms with Crippen molar-refractivity contribution in [3.63, 3.8) is 0 Å². The van der Waals surface area contributed by atoms with Crippen LogP contribution in [-0.2, 0) is 21.3 Å². The van der Waals surface area contributed by atoms with Gasteiger partial charge in [-0.25, -0.2) is 0 Å². The Labute approximate surface area is 138 Å². The van der Waals surface area contributed by atoms with Crippen LogP contribution in [0, 0.1) is 0 Å². The molecule has 2 aliphatic heterocycles. The number of fused-ring (bicyclic) bond motifs is 3. The zero-order chi connectivity index (χ0) is 14.8. The van der Waals surface area contributed by atoms with Crippen molar-refractivity contribution < 1.29 is 14.2 Å². The van der Waals surface area contributed by atoms with Crippen LogP contribution < -0.4 is 4.74 Å². The molecule has 4 heteroatoms. The molecule has 2 heterocycles. The molecule has 116 valence electrons. The van der Waals surface area contributed by atoms with Gasteiger partial charge < -0.3 is 14.2 Å². The number of benzene rings is 1. The van der Waals surface area contributed by atoms with E-state index in [0.717, 1.165) is 57.7 Å². The maximum Gasteiger partial charge on any atom is 0.168 e. The fourth-order valence-electron chi connectivity index (χ4n) is 4.53. The van der Waals surface area contributed by atoms with Crippen LogP contribution in [0.4, 0.5) is 0 Å². The molecule has 0 aromatic heterocycles. The molecule has 1 saturated heterocycles. The van der Waals surface area contributed by atoms with Crippen LogP contribution in [-0.4, -0.2) is 25.6 Å². The lowest BCUT2D eigenvalue weighted by molar-refractivity contribution is -0.182. The average Bonchev–Trinajstić information content (AvgIpc) is 3.21. The predicted molar refractivity (Wildman–Crippen MR) is 87.3 cm³/mol. The van der Waals surface area contributed by atoms with Gasteiger partial charge in [-0.05, 0) is 41.7 Å². The van der Waals surface area contributed by atoms with Crippen LogP contribution in [0.3, 0.4) is 0 Å². The molecular formula is C18H19BrO3. The average molecular weight is 363 g/mol. The number of allylic oxidation sites excluding steroid dienone is 1. The number of hydrogen-bond acceptors (Lipinski definition) is 3. The van der Waals surface area contributed by atoms with Gasteiger partial charge in [-0.2, -0.15) is 0 Å². The number of ether oxygens (including phenoxy) is 3. The van der Waals surface area contributed by atoms with E-state index < -0.39 is 0 Å². The molecular weight excluding hydrogens is 344 g/mol. The summed E-state index contributed by atoms with van der Waals surface area (Å²) in [5.41, 5.74) is 4.27. The molecule has 0 radical (unpaired) electrons. The van der Waals surface area contributed by atoms with E-state index in [1.54, 1.807) is 0 Å². The second kappa shape index (κ2) is 4.59. The highest BCUT2D eigenvalue weighted by molar-refractivity contribution is 9.11. The molecule has 2 spiro atoms. The largest absolute Gasteiger partial charge is 0.493 e. The first-order valence-corrected chi connectivity index (χ1v) is 8.96. The molecule has 2 aliphatic carbocycles. The first-order chi connectivity index (χ1) is 10.7. The Morgan fingerprint density at radius 2 is 1.73 bits per heavy atom. The summed E-state index contributed by atoms with van der Waals surface area (Å²) < 4.78 is 18.8. The van der Waals surface area contributed by atoms with Gasteiger partial charge in [0.1, 0.15) is 5.75 Å². The molecule has 22 heavy (non-hydrogen) atoms. The van der Waals surface area contributed by atoms with Crippen molar-refractivity contribution in [3.8, 4) is 5.75 Å². The van der Waals surface area contributed by atoms with Crippen molar-refractivity contribution in [2.45, 2.75) is 43.3 Å². The lowest BCUT2D eigenvalue weighted by Gasteiger charge is -2.42. The SMILES string of the molecule is BrC1=Cc2cc3c(cc2C12CCC1(CC2)OCCO1)CCO3. The molecule has 3 nitrogen and oxygen atoms in total. The Kier molecular flexibility index (Phi) is 2.83. The molecule has 0 N–H and O–H groups in total. The van der Waals surface area contributed by atoms with E-state index in [4.69, 9.17) is 14.2 Å². The van der Waals surface area contributed by atoms with Gasteiger partial charge in [-0.15, -0.1) is 0 Å². The highest BCUT2D eigenvalue weighted by atomic mass is 79.9. The maximum atomic E-state index is 5.90. The fourth-order valence-corrected chi connectivity index (χ4v) is 5.39. The third-order valence-corrected chi connectivity index (χ3v) is 6.78. The van der Waals surface area contributed by atoms with E-state index in [1.807, 2.05) is 0 Å². The van der Waals surface area contributed by atoms with Crippen molar-refractivity contribution in [2.24, 2.45) is 0 Å². The van der Waals surface area contributed by atoms with Crippen LogP contribution in [0.15, 0.2) is 16.6 Å². The minimum Gasteiger partial charge on any atom is -0.493 e. The normalized spacial score (nSPS) is 26.9. The molecule has 2 fully saturated rings. The van der Waals surface area contributed by atoms with Gasteiger partial charge in [-0.3, -0.25) is 0 Å². The molecule has 5 rings (SSSR count). The first-order valence-electron chi connectivity index (χ1n) is 8.17. The van der Waals surface area contributed by atoms with Crippen molar-refractivity contribution in [1.29, 1.82) is 0 Å². The summed E-state index contributed by atoms with van der Waals surface area (Å²) in [6, 6.07) is 4.61. The van der Waals surface area contributed by atoms with E-state index in [-0.39, 0.29) is 11.2 Å². The van der Waals surface area contributed by atoms with Crippen LogP contribution in [0.25, 0.3) is 6.08 Å². The summed E-state index contributed by atoms with van der Waals surface area (Å²) in [7, 11) is 0. The van der Waals surface area contributed by atoms with Crippen LogP contribution in [0.2, 0.25) is 0 Å². The predicted octanol–water partition coefficient (Wildman–Crippen LogP) is 3.93. The van der Waals surface area contributed by atoms with Gasteiger partial charge in [-0.1, -0.05) is 22.0 Å². The topological polar surface area (TPSA) is 27.7 Å². The summed E-state index contributed by atoms with van der Waals surface area (Å²) in [6.45, 7) is 2.30. The van der Waals surface area contributed by atoms with Crippen LogP contribution in [0.5, 0.6) is 5.75 Å². The Balaban J connectivity index is 1.53. The van der Waals surface area contributed by atoms with E-state index in [0.29, 0.717) is 0 Å². The first kappa shape index (κ1) is 13.6. The van der Waals surface area contributed by atoms with Crippen molar-refractivity contribution in [2.75, 3.05) is 19.8 Å². The van der Waals surface area contributed by atoms with Gasteiger partial charge in [0.05, 0.1) is 19.8 Å². The van der Waals surface area contributed by atoms with Gasteiger partial charge in [0, 0.05) is 29.2 Å². The van der Waals surface area contributed by atoms with Crippen molar-refractivity contribution in [1.82, 2.24) is 0 Å². The monoisotopic (exact) mass is 362 g/mol. The molecule has 0 bridgehead atoms. The fraction of sp³-hybridized carbons (Fsp3) is 0.556. The van der Waals surface area contributed by atoms with Crippen LogP contribution in [0.1, 0.15) is 42.4 Å². The maximum absolute atomic E-state index is 5.90. The molecule has 4 aliphatic rings. The summed E-state index contributed by atoms with van der Waals surface area (Å²) in [5, 5.41) is 0. The second-order valence-corrected chi connectivity index (χ2v) is 7.68. The molecule has 0 amide bonds. The van der Waals surface area contributed by atoms with E-state index in [9.17, 15) is 0 Å². The third kappa shape index (κ3) is 1.75. The Bertz CT molecular complexity index is 663. The van der Waals surface area contributed by atoms with E-state index in [1.165, 1.54) is 21.2 Å². The Morgan fingerprint density at radius 1 is 0.955 bits per heavy atom. The zero-order valence-electron chi connectivity index (χ0n) is 12.5. The Morgan fingerprint density at radius 3 is 2.50 bits per heavy atom. The summed E-state index contributed by atoms with van der Waals surface area (Å²) in [4.78, 5) is 0. The number of rotatable bonds is 0. The van der Waals surface area contributed by atoms with Crippen molar-refractivity contribution in [3.05, 3.63) is 33.3 Å². The second-order valence-electron chi connectivity index (χ2n) is 6.83. The summed E-state index contributed by atoms with van der Waals surface area (Å²) in [6.07, 6.45) is 7.43. The quantitative estimate of drug-likeness (QED) is 0.699. The smallest absolute Gasteiger partial charge is 0.168 e. The van der Waals surface area contributed by atoms with Crippen LogP contribution >= 0.6 is 15.9 Å². The molecule has 1 aromatic rings. The van der Waals surface area contributed by atoms with E-state index in [2.05, 4.69) is 34.1 Å². The van der Waals surface area contributed by atoms with Gasteiger partial charge in [0.15, 0.2) is 5.79 Å². The molecule has 0 atom stereocenters. The third-order valence-electron chi connectivity index (χ3n) is 5.80. The van der Waals surface area contributed by atoms with Gasteiger partial charge in [0.2, 0.25) is 0 Å². The van der Waals surface area contributed by atoms with E-state index >= 15 is 0 Å². The summed E-state index contributed by atoms with van der Waals surface area (Å²) >= 11 is 3.86. The summed E-state index contributed by atoms with van der Waals surface area (Å²) in [5.74, 6) is 0.767. The lowest BCUT2D eigenvalue weighted by atomic mass is 9.69. The Hall–Kier alpha value is -0.840. The van der Waals surface area contributed by atoms with Gasteiger partial charge in [0.25, 0.3) is 0 Å². The number of halogens is 1.